The van der Waals surface area contributed by atoms with E-state index in [2.05, 4.69) is 36.9 Å². The molecule has 9 heteroatoms. The van der Waals surface area contributed by atoms with Gasteiger partial charge < -0.3 is 15.3 Å². The average molecular weight is 529 g/mol. The Morgan fingerprint density at radius 2 is 1.92 bits per heavy atom. The van der Waals surface area contributed by atoms with Crippen molar-refractivity contribution < 1.29 is 13.9 Å². The molecule has 5 fully saturated rings. The minimum atomic E-state index is -0.630. The molecular weight excluding hydrogens is 498 g/mol. The monoisotopic (exact) mass is 528 g/mol. The molecule has 3 aromatic rings. The van der Waals surface area contributed by atoms with Gasteiger partial charge in [0.15, 0.2) is 5.82 Å². The van der Waals surface area contributed by atoms with E-state index in [4.69, 9.17) is 4.98 Å². The molecule has 0 unspecified atom stereocenters. The highest BCUT2D eigenvalue weighted by atomic mass is 19.1. The Morgan fingerprint density at radius 1 is 1.10 bits per heavy atom. The van der Waals surface area contributed by atoms with Gasteiger partial charge in [0, 0.05) is 48.6 Å². The highest BCUT2D eigenvalue weighted by molar-refractivity contribution is 5.92. The summed E-state index contributed by atoms with van der Waals surface area (Å²) in [6.07, 6.45) is 8.64. The van der Waals surface area contributed by atoms with Crippen LogP contribution >= 0.6 is 0 Å². The molecule has 39 heavy (non-hydrogen) atoms. The molecule has 2 aromatic heterocycles. The molecule has 8 rings (SSSR count). The smallest absolute Gasteiger partial charge is 0.207 e. The summed E-state index contributed by atoms with van der Waals surface area (Å²) >= 11 is 0. The minimum Gasteiger partial charge on any atom is -0.508 e. The molecule has 2 N–H and O–H groups in total. The summed E-state index contributed by atoms with van der Waals surface area (Å²) < 4.78 is 31.4. The fourth-order valence-electron chi connectivity index (χ4n) is 7.39. The van der Waals surface area contributed by atoms with Gasteiger partial charge >= 0.3 is 0 Å². The molecule has 1 aliphatic carbocycles. The number of hydrogen-bond donors (Lipinski definition) is 2. The van der Waals surface area contributed by atoms with Crippen LogP contribution in [0.3, 0.4) is 0 Å². The topological polar surface area (TPSA) is 77.4 Å². The van der Waals surface area contributed by atoms with Gasteiger partial charge in [0.1, 0.15) is 28.6 Å². The lowest BCUT2D eigenvalue weighted by molar-refractivity contribution is 0.261. The SMILES string of the molecule is Oc1cc(F)c(C2CC2)c(-c2ncc3c(N4C[C@H]5C[C@@H]4CN5)nc(C#CC45CCCN4CCC5)nc3c2F)c1. The van der Waals surface area contributed by atoms with E-state index < -0.39 is 11.6 Å². The van der Waals surface area contributed by atoms with E-state index >= 15 is 4.39 Å². The van der Waals surface area contributed by atoms with Crippen molar-refractivity contribution in [3.63, 3.8) is 0 Å². The molecule has 2 atom stereocenters. The third kappa shape index (κ3) is 3.72. The zero-order valence-corrected chi connectivity index (χ0v) is 21.7. The standard InChI is InChI=1S/C30H30F2N6O/c31-23-13-20(39)12-21(25(23)17-3-4-17)27-26(32)28-22(15-34-27)29(38-16-18-11-19(38)14-33-18)36-24(35-28)5-8-30-6-1-9-37(30)10-2-7-30/h12-13,15,17-19,33,39H,1-4,6-7,9-11,14,16H2/t18-,19-/m1/s1. The van der Waals surface area contributed by atoms with Crippen molar-refractivity contribution in [1.29, 1.82) is 0 Å². The van der Waals surface area contributed by atoms with Gasteiger partial charge in [-0.15, -0.1) is 0 Å². The van der Waals surface area contributed by atoms with Crippen LogP contribution in [0.4, 0.5) is 14.6 Å². The lowest BCUT2D eigenvalue weighted by Crippen LogP contribution is -2.44. The number of benzene rings is 1. The van der Waals surface area contributed by atoms with E-state index in [-0.39, 0.29) is 40.0 Å². The van der Waals surface area contributed by atoms with Crippen LogP contribution in [0, 0.1) is 23.5 Å². The number of nitrogens with one attached hydrogen (secondary N) is 1. The van der Waals surface area contributed by atoms with E-state index in [1.165, 1.54) is 6.07 Å². The molecule has 4 saturated heterocycles. The van der Waals surface area contributed by atoms with Crippen molar-refractivity contribution in [2.24, 2.45) is 0 Å². The number of pyridine rings is 1. The van der Waals surface area contributed by atoms with Crippen molar-refractivity contribution in [3.05, 3.63) is 41.4 Å². The van der Waals surface area contributed by atoms with Crippen LogP contribution in [0.25, 0.3) is 22.2 Å². The summed E-state index contributed by atoms with van der Waals surface area (Å²) in [5, 5.41) is 14.2. The van der Waals surface area contributed by atoms with Gasteiger partial charge in [-0.3, -0.25) is 9.88 Å². The molecule has 5 aliphatic rings. The van der Waals surface area contributed by atoms with Crippen molar-refractivity contribution in [1.82, 2.24) is 25.2 Å². The first-order valence-corrected chi connectivity index (χ1v) is 14.2. The number of hydrogen-bond acceptors (Lipinski definition) is 7. The number of piperazine rings is 1. The molecule has 200 valence electrons. The maximum atomic E-state index is 16.4. The molecule has 0 radical (unpaired) electrons. The Labute approximate surface area is 225 Å². The van der Waals surface area contributed by atoms with Crippen LogP contribution in [0.5, 0.6) is 5.75 Å². The minimum absolute atomic E-state index is 0.00345. The molecule has 1 aromatic carbocycles. The molecule has 2 bridgehead atoms. The summed E-state index contributed by atoms with van der Waals surface area (Å²) in [5.74, 6) is 6.32. The second-order valence-corrected chi connectivity index (χ2v) is 11.8. The van der Waals surface area contributed by atoms with Crippen molar-refractivity contribution in [2.45, 2.75) is 68.5 Å². The van der Waals surface area contributed by atoms with Crippen LogP contribution in [0.2, 0.25) is 0 Å². The van der Waals surface area contributed by atoms with Crippen molar-refractivity contribution >= 4 is 16.7 Å². The quantitative estimate of drug-likeness (QED) is 0.496. The third-order valence-corrected chi connectivity index (χ3v) is 9.40. The number of anilines is 1. The Morgan fingerprint density at radius 3 is 2.64 bits per heavy atom. The van der Waals surface area contributed by atoms with Crippen LogP contribution in [-0.4, -0.2) is 68.8 Å². The lowest BCUT2D eigenvalue weighted by atomic mass is 9.95. The van der Waals surface area contributed by atoms with E-state index in [9.17, 15) is 9.50 Å². The van der Waals surface area contributed by atoms with E-state index in [0.29, 0.717) is 28.6 Å². The van der Waals surface area contributed by atoms with Gasteiger partial charge in [-0.25, -0.2) is 18.7 Å². The Kier molecular flexibility index (Phi) is 5.17. The number of nitrogens with zero attached hydrogens (tertiary/aromatic N) is 5. The molecule has 0 spiro atoms. The molecule has 1 saturated carbocycles. The first-order chi connectivity index (χ1) is 19.0. The summed E-state index contributed by atoms with van der Waals surface area (Å²) in [6.45, 7) is 3.77. The number of phenols is 1. The zero-order valence-electron chi connectivity index (χ0n) is 21.7. The zero-order chi connectivity index (χ0) is 26.3. The maximum Gasteiger partial charge on any atom is 0.207 e. The Bertz CT molecular complexity index is 1570. The number of phenolic OH excluding ortho intramolecular Hbond substituents is 1. The summed E-state index contributed by atoms with van der Waals surface area (Å²) in [5.41, 5.74) is 0.719. The van der Waals surface area contributed by atoms with Crippen LogP contribution in [0.1, 0.15) is 62.3 Å². The van der Waals surface area contributed by atoms with E-state index in [1.54, 1.807) is 6.20 Å². The van der Waals surface area contributed by atoms with E-state index in [0.717, 1.165) is 77.2 Å². The predicted octanol–water partition coefficient (Wildman–Crippen LogP) is 4.08. The van der Waals surface area contributed by atoms with E-state index in [1.807, 2.05) is 0 Å². The first-order valence-electron chi connectivity index (χ1n) is 14.2. The molecule has 4 aliphatic heterocycles. The highest BCUT2D eigenvalue weighted by Crippen LogP contribution is 2.47. The first kappa shape index (κ1) is 23.5. The third-order valence-electron chi connectivity index (χ3n) is 9.40. The summed E-state index contributed by atoms with van der Waals surface area (Å²) in [7, 11) is 0. The average Bonchev–Trinajstić information content (AvgIpc) is 3.23. The number of aromatic nitrogens is 3. The van der Waals surface area contributed by atoms with Gasteiger partial charge in [-0.05, 0) is 75.9 Å². The summed E-state index contributed by atoms with van der Waals surface area (Å²) in [6, 6.07) is 3.16. The molecular formula is C30H30F2N6O. The summed E-state index contributed by atoms with van der Waals surface area (Å²) in [4.78, 5) is 18.7. The van der Waals surface area contributed by atoms with Gasteiger partial charge in [-0.2, -0.15) is 0 Å². The second kappa shape index (κ2) is 8.57. The molecule has 6 heterocycles. The van der Waals surface area contributed by atoms with Gasteiger partial charge in [-0.1, -0.05) is 5.92 Å². The fourth-order valence-corrected chi connectivity index (χ4v) is 7.39. The number of fused-ring (bicyclic) bond motifs is 4. The van der Waals surface area contributed by atoms with Gasteiger partial charge in [0.05, 0.1) is 10.9 Å². The van der Waals surface area contributed by atoms with Crippen molar-refractivity contribution in [2.75, 3.05) is 31.1 Å². The fraction of sp³-hybridized carbons (Fsp3) is 0.500. The normalized spacial score (nSPS) is 25.3. The van der Waals surface area contributed by atoms with Crippen LogP contribution in [0.15, 0.2) is 18.3 Å². The predicted molar refractivity (Wildman–Crippen MR) is 144 cm³/mol. The second-order valence-electron chi connectivity index (χ2n) is 11.8. The largest absolute Gasteiger partial charge is 0.508 e. The number of halogens is 2. The Balaban J connectivity index is 1.30. The van der Waals surface area contributed by atoms with Gasteiger partial charge in [0.2, 0.25) is 5.82 Å². The molecule has 0 amide bonds. The Hall–Kier alpha value is -3.35. The molecule has 7 nitrogen and oxygen atoms in total. The number of aromatic hydroxyl groups is 1. The van der Waals surface area contributed by atoms with Crippen LogP contribution < -0.4 is 10.2 Å². The number of rotatable bonds is 3. The maximum absolute atomic E-state index is 16.4. The lowest BCUT2D eigenvalue weighted by Gasteiger charge is -2.29. The van der Waals surface area contributed by atoms with Crippen LogP contribution in [-0.2, 0) is 0 Å². The highest BCUT2D eigenvalue weighted by Gasteiger charge is 2.43. The van der Waals surface area contributed by atoms with Crippen molar-refractivity contribution in [3.8, 4) is 28.8 Å². The van der Waals surface area contributed by atoms with Gasteiger partial charge in [0.25, 0.3) is 0 Å².